The van der Waals surface area contributed by atoms with E-state index in [-0.39, 0.29) is 18.4 Å². The maximum absolute atomic E-state index is 12.1. The first kappa shape index (κ1) is 12.2. The van der Waals surface area contributed by atoms with Crippen LogP contribution in [-0.2, 0) is 11.2 Å². The van der Waals surface area contributed by atoms with E-state index in [1.54, 1.807) is 12.1 Å². The van der Waals surface area contributed by atoms with Crippen molar-refractivity contribution in [1.29, 1.82) is 0 Å². The molecule has 0 unspecified atom stereocenters. The number of hydrogen-bond acceptors (Lipinski definition) is 3. The molecule has 0 spiro atoms. The van der Waals surface area contributed by atoms with Crippen molar-refractivity contribution in [3.8, 4) is 0 Å². The largest absolute Gasteiger partial charge is 0.394 e. The van der Waals surface area contributed by atoms with E-state index in [2.05, 4.69) is 10.6 Å². The molecule has 1 fully saturated rings. The van der Waals surface area contributed by atoms with Crippen molar-refractivity contribution in [2.24, 2.45) is 0 Å². The Balaban J connectivity index is 1.78. The van der Waals surface area contributed by atoms with Crippen LogP contribution in [0, 0.1) is 0 Å². The van der Waals surface area contributed by atoms with Gasteiger partial charge in [0.15, 0.2) is 0 Å². The molecule has 3 N–H and O–H groups in total. The summed E-state index contributed by atoms with van der Waals surface area (Å²) >= 11 is 0. The summed E-state index contributed by atoms with van der Waals surface area (Å²) in [5.41, 5.74) is 1.95. The first-order valence-electron chi connectivity index (χ1n) is 6.48. The molecule has 2 aliphatic rings. The lowest BCUT2D eigenvalue weighted by molar-refractivity contribution is -0.116. The number of aliphatic hydroxyl groups excluding tert-OH is 1. The zero-order valence-electron chi connectivity index (χ0n) is 10.5. The van der Waals surface area contributed by atoms with E-state index in [1.165, 1.54) is 0 Å². The van der Waals surface area contributed by atoms with Crippen LogP contribution in [0.15, 0.2) is 18.2 Å². The second-order valence-electron chi connectivity index (χ2n) is 5.31. The summed E-state index contributed by atoms with van der Waals surface area (Å²) in [7, 11) is 0. The van der Waals surface area contributed by atoms with Crippen molar-refractivity contribution in [1.82, 2.24) is 5.32 Å². The third-order valence-corrected chi connectivity index (χ3v) is 3.80. The van der Waals surface area contributed by atoms with Crippen LogP contribution in [0.1, 0.15) is 35.2 Å². The predicted octanol–water partition coefficient (Wildman–Crippen LogP) is 0.826. The topological polar surface area (TPSA) is 78.4 Å². The number of anilines is 1. The molecule has 5 heteroatoms. The number of carbonyl (C=O) groups is 2. The SMILES string of the molecule is O=C1CCc2cc(C(=O)NC3(CO)CC3)ccc2N1. The number of benzene rings is 1. The zero-order valence-corrected chi connectivity index (χ0v) is 10.5. The summed E-state index contributed by atoms with van der Waals surface area (Å²) in [5.74, 6) is -0.145. The van der Waals surface area contributed by atoms with Gasteiger partial charge in [-0.1, -0.05) is 0 Å². The average molecular weight is 260 g/mol. The number of carbonyl (C=O) groups excluding carboxylic acids is 2. The van der Waals surface area contributed by atoms with E-state index in [1.807, 2.05) is 6.07 Å². The Bertz CT molecular complexity index is 550. The Labute approximate surface area is 111 Å². The van der Waals surface area contributed by atoms with Gasteiger partial charge in [-0.25, -0.2) is 0 Å². The minimum absolute atomic E-state index is 0.0141. The van der Waals surface area contributed by atoms with Gasteiger partial charge in [-0.15, -0.1) is 0 Å². The van der Waals surface area contributed by atoms with Crippen LogP contribution >= 0.6 is 0 Å². The second kappa shape index (κ2) is 4.35. The lowest BCUT2D eigenvalue weighted by Crippen LogP contribution is -2.39. The molecule has 0 aromatic heterocycles. The van der Waals surface area contributed by atoms with Crippen molar-refractivity contribution in [3.05, 3.63) is 29.3 Å². The number of nitrogens with one attached hydrogen (secondary N) is 2. The molecule has 2 amide bonds. The van der Waals surface area contributed by atoms with Gasteiger partial charge in [0.2, 0.25) is 5.91 Å². The van der Waals surface area contributed by atoms with Crippen LogP contribution in [0.3, 0.4) is 0 Å². The monoisotopic (exact) mass is 260 g/mol. The second-order valence-corrected chi connectivity index (χ2v) is 5.31. The van der Waals surface area contributed by atoms with Crippen LogP contribution in [0.25, 0.3) is 0 Å². The van der Waals surface area contributed by atoms with Gasteiger partial charge in [-0.2, -0.15) is 0 Å². The minimum Gasteiger partial charge on any atom is -0.394 e. The molecule has 1 aliphatic heterocycles. The summed E-state index contributed by atoms with van der Waals surface area (Å²) in [6.07, 6.45) is 2.78. The van der Waals surface area contributed by atoms with E-state index in [9.17, 15) is 14.7 Å². The van der Waals surface area contributed by atoms with Crippen LogP contribution in [0.4, 0.5) is 5.69 Å². The Morgan fingerprint density at radius 3 is 2.84 bits per heavy atom. The number of rotatable bonds is 3. The van der Waals surface area contributed by atoms with Crippen molar-refractivity contribution in [3.63, 3.8) is 0 Å². The van der Waals surface area contributed by atoms with Gasteiger partial charge in [-0.05, 0) is 43.0 Å². The zero-order chi connectivity index (χ0) is 13.5. The van der Waals surface area contributed by atoms with Gasteiger partial charge in [0.05, 0.1) is 12.1 Å². The molecule has 100 valence electrons. The standard InChI is InChI=1S/C14H16N2O3/c17-8-14(5-6-14)16-13(19)10-1-3-11-9(7-10)2-4-12(18)15-11/h1,3,7,17H,2,4-6,8H2,(H,15,18)(H,16,19). The van der Waals surface area contributed by atoms with E-state index in [0.717, 1.165) is 24.1 Å². The highest BCUT2D eigenvalue weighted by molar-refractivity contribution is 5.98. The normalized spacial score (nSPS) is 19.3. The first-order valence-corrected chi connectivity index (χ1v) is 6.48. The van der Waals surface area contributed by atoms with E-state index >= 15 is 0 Å². The van der Waals surface area contributed by atoms with Crippen molar-refractivity contribution < 1.29 is 14.7 Å². The molecule has 19 heavy (non-hydrogen) atoms. The van der Waals surface area contributed by atoms with Crippen LogP contribution in [0.5, 0.6) is 0 Å². The fraction of sp³-hybridized carbons (Fsp3) is 0.429. The number of aryl methyl sites for hydroxylation is 1. The highest BCUT2D eigenvalue weighted by Crippen LogP contribution is 2.35. The third-order valence-electron chi connectivity index (χ3n) is 3.80. The number of amides is 2. The maximum atomic E-state index is 12.1. The van der Waals surface area contributed by atoms with E-state index < -0.39 is 5.54 Å². The van der Waals surface area contributed by atoms with Crippen LogP contribution in [0.2, 0.25) is 0 Å². The molecule has 0 bridgehead atoms. The summed E-state index contributed by atoms with van der Waals surface area (Å²) in [5, 5.41) is 14.9. The lowest BCUT2D eigenvalue weighted by atomic mass is 10.00. The molecule has 1 aromatic carbocycles. The Kier molecular flexibility index (Phi) is 2.78. The molecule has 3 rings (SSSR count). The summed E-state index contributed by atoms with van der Waals surface area (Å²) in [6.45, 7) is -0.0141. The highest BCUT2D eigenvalue weighted by Gasteiger charge is 2.43. The molecule has 0 radical (unpaired) electrons. The van der Waals surface area contributed by atoms with Crippen molar-refractivity contribution in [2.75, 3.05) is 11.9 Å². The Morgan fingerprint density at radius 2 is 2.16 bits per heavy atom. The Morgan fingerprint density at radius 1 is 1.37 bits per heavy atom. The van der Waals surface area contributed by atoms with Gasteiger partial charge in [0, 0.05) is 17.7 Å². The van der Waals surface area contributed by atoms with Gasteiger partial charge in [-0.3, -0.25) is 9.59 Å². The molecule has 1 saturated carbocycles. The molecule has 5 nitrogen and oxygen atoms in total. The summed E-state index contributed by atoms with van der Waals surface area (Å²) in [4.78, 5) is 23.4. The van der Waals surface area contributed by atoms with Crippen LogP contribution in [-0.4, -0.2) is 29.1 Å². The number of fused-ring (bicyclic) bond motifs is 1. The third kappa shape index (κ3) is 2.33. The molecular formula is C14H16N2O3. The fourth-order valence-electron chi connectivity index (χ4n) is 2.31. The first-order chi connectivity index (χ1) is 9.12. The van der Waals surface area contributed by atoms with Crippen molar-refractivity contribution in [2.45, 2.75) is 31.2 Å². The quantitative estimate of drug-likeness (QED) is 0.753. The average Bonchev–Trinajstić information content (AvgIpc) is 3.18. The fourth-order valence-corrected chi connectivity index (χ4v) is 2.31. The van der Waals surface area contributed by atoms with Crippen LogP contribution < -0.4 is 10.6 Å². The van der Waals surface area contributed by atoms with E-state index in [4.69, 9.17) is 0 Å². The van der Waals surface area contributed by atoms with E-state index in [0.29, 0.717) is 18.4 Å². The maximum Gasteiger partial charge on any atom is 0.251 e. The number of hydrogen-bond donors (Lipinski definition) is 3. The van der Waals surface area contributed by atoms with Crippen molar-refractivity contribution >= 4 is 17.5 Å². The van der Waals surface area contributed by atoms with Gasteiger partial charge < -0.3 is 15.7 Å². The molecule has 1 aliphatic carbocycles. The minimum atomic E-state index is -0.402. The lowest BCUT2D eigenvalue weighted by Gasteiger charge is -2.18. The molecule has 1 aromatic rings. The highest BCUT2D eigenvalue weighted by atomic mass is 16.3. The van der Waals surface area contributed by atoms with Gasteiger partial charge in [0.1, 0.15) is 0 Å². The van der Waals surface area contributed by atoms with Gasteiger partial charge >= 0.3 is 0 Å². The molecular weight excluding hydrogens is 244 g/mol. The summed E-state index contributed by atoms with van der Waals surface area (Å²) < 4.78 is 0. The molecule has 0 atom stereocenters. The molecule has 1 heterocycles. The van der Waals surface area contributed by atoms with Gasteiger partial charge in [0.25, 0.3) is 5.91 Å². The predicted molar refractivity (Wildman–Crippen MR) is 69.9 cm³/mol. The Hall–Kier alpha value is -1.88. The smallest absolute Gasteiger partial charge is 0.251 e. The summed E-state index contributed by atoms with van der Waals surface area (Å²) in [6, 6.07) is 5.28. The number of aliphatic hydroxyl groups is 1. The molecule has 0 saturated heterocycles.